The molecule has 0 radical (unpaired) electrons. The lowest BCUT2D eigenvalue weighted by molar-refractivity contribution is 0.104. The van der Waals surface area contributed by atoms with Crippen molar-refractivity contribution >= 4 is 16.6 Å². The Morgan fingerprint density at radius 3 is 2.35 bits per heavy atom. The SMILES string of the molecule is N#Cc1cc2c3c(cccc3c1)C(=O)c1ccccc1-2. The van der Waals surface area contributed by atoms with E-state index in [9.17, 15) is 10.1 Å². The van der Waals surface area contributed by atoms with Gasteiger partial charge in [-0.05, 0) is 28.6 Å². The van der Waals surface area contributed by atoms with Crippen LogP contribution >= 0.6 is 0 Å². The zero-order chi connectivity index (χ0) is 13.7. The first-order valence-corrected chi connectivity index (χ1v) is 6.40. The molecule has 1 aliphatic carbocycles. The van der Waals surface area contributed by atoms with Crippen molar-refractivity contribution in [3.63, 3.8) is 0 Å². The van der Waals surface area contributed by atoms with Crippen molar-refractivity contribution in [2.24, 2.45) is 0 Å². The normalized spacial score (nSPS) is 12.1. The van der Waals surface area contributed by atoms with Crippen molar-refractivity contribution < 1.29 is 4.79 Å². The van der Waals surface area contributed by atoms with Crippen LogP contribution in [0.2, 0.25) is 0 Å². The van der Waals surface area contributed by atoms with Crippen LogP contribution in [-0.4, -0.2) is 5.78 Å². The predicted molar refractivity (Wildman–Crippen MR) is 77.5 cm³/mol. The van der Waals surface area contributed by atoms with Gasteiger partial charge in [0, 0.05) is 16.5 Å². The Bertz CT molecular complexity index is 932. The molecular formula is C18H9NO. The Labute approximate surface area is 115 Å². The van der Waals surface area contributed by atoms with Gasteiger partial charge in [-0.1, -0.05) is 42.5 Å². The lowest BCUT2D eigenvalue weighted by Crippen LogP contribution is -2.09. The van der Waals surface area contributed by atoms with E-state index in [0.717, 1.165) is 27.5 Å². The van der Waals surface area contributed by atoms with Crippen LogP contribution in [0, 0.1) is 11.3 Å². The van der Waals surface area contributed by atoms with Crippen LogP contribution in [0.25, 0.3) is 21.9 Å². The molecule has 2 nitrogen and oxygen atoms in total. The van der Waals surface area contributed by atoms with E-state index in [2.05, 4.69) is 6.07 Å². The van der Waals surface area contributed by atoms with Crippen molar-refractivity contribution in [1.82, 2.24) is 0 Å². The number of carbonyl (C=O) groups is 1. The molecule has 0 unspecified atom stereocenters. The van der Waals surface area contributed by atoms with Gasteiger partial charge in [0.2, 0.25) is 0 Å². The van der Waals surface area contributed by atoms with E-state index in [-0.39, 0.29) is 5.78 Å². The third-order valence-electron chi connectivity index (χ3n) is 3.81. The van der Waals surface area contributed by atoms with Crippen LogP contribution < -0.4 is 0 Å². The van der Waals surface area contributed by atoms with Crippen molar-refractivity contribution in [1.29, 1.82) is 5.26 Å². The maximum absolute atomic E-state index is 12.6. The molecule has 0 bridgehead atoms. The monoisotopic (exact) mass is 255 g/mol. The first kappa shape index (κ1) is 11.0. The Kier molecular flexibility index (Phi) is 2.07. The van der Waals surface area contributed by atoms with Crippen LogP contribution in [-0.2, 0) is 0 Å². The summed E-state index contributed by atoms with van der Waals surface area (Å²) in [5.74, 6) is 0.0587. The van der Waals surface area contributed by atoms with Crippen molar-refractivity contribution in [3.8, 4) is 17.2 Å². The van der Waals surface area contributed by atoms with E-state index in [1.807, 2.05) is 54.6 Å². The molecular weight excluding hydrogens is 246 g/mol. The van der Waals surface area contributed by atoms with Crippen molar-refractivity contribution in [2.75, 3.05) is 0 Å². The van der Waals surface area contributed by atoms with Crippen molar-refractivity contribution in [2.45, 2.75) is 0 Å². The Morgan fingerprint density at radius 1 is 0.800 bits per heavy atom. The zero-order valence-corrected chi connectivity index (χ0v) is 10.6. The van der Waals surface area contributed by atoms with Gasteiger partial charge in [0.15, 0.2) is 5.78 Å². The Balaban J connectivity index is 2.27. The number of nitrogens with zero attached hydrogens (tertiary/aromatic N) is 1. The summed E-state index contributed by atoms with van der Waals surface area (Å²) in [6.45, 7) is 0. The molecule has 0 aliphatic heterocycles. The number of ketones is 1. The molecule has 20 heavy (non-hydrogen) atoms. The van der Waals surface area contributed by atoms with Crippen LogP contribution in [0.15, 0.2) is 54.6 Å². The average molecular weight is 255 g/mol. The fraction of sp³-hybridized carbons (Fsp3) is 0. The fourth-order valence-electron chi connectivity index (χ4n) is 2.96. The highest BCUT2D eigenvalue weighted by atomic mass is 16.1. The minimum Gasteiger partial charge on any atom is -0.289 e. The molecule has 0 heterocycles. The second kappa shape index (κ2) is 3.79. The molecule has 0 saturated heterocycles. The van der Waals surface area contributed by atoms with Gasteiger partial charge >= 0.3 is 0 Å². The molecule has 2 heteroatoms. The third-order valence-corrected chi connectivity index (χ3v) is 3.81. The molecule has 0 atom stereocenters. The Morgan fingerprint density at radius 2 is 1.55 bits per heavy atom. The molecule has 3 aromatic carbocycles. The van der Waals surface area contributed by atoms with Crippen LogP contribution in [0.4, 0.5) is 0 Å². The molecule has 0 amide bonds. The van der Waals surface area contributed by atoms with E-state index in [0.29, 0.717) is 11.1 Å². The van der Waals surface area contributed by atoms with E-state index >= 15 is 0 Å². The molecule has 4 rings (SSSR count). The maximum Gasteiger partial charge on any atom is 0.194 e. The minimum absolute atomic E-state index is 0.0587. The molecule has 0 spiro atoms. The number of benzene rings is 3. The average Bonchev–Trinajstić information content (AvgIpc) is 2.51. The van der Waals surface area contributed by atoms with E-state index in [1.54, 1.807) is 0 Å². The number of hydrogen-bond donors (Lipinski definition) is 0. The largest absolute Gasteiger partial charge is 0.289 e. The van der Waals surface area contributed by atoms with Gasteiger partial charge in [-0.2, -0.15) is 5.26 Å². The maximum atomic E-state index is 12.6. The van der Waals surface area contributed by atoms with Gasteiger partial charge in [-0.3, -0.25) is 4.79 Å². The molecule has 0 fully saturated rings. The first-order valence-electron chi connectivity index (χ1n) is 6.40. The van der Waals surface area contributed by atoms with Crippen LogP contribution in [0.3, 0.4) is 0 Å². The van der Waals surface area contributed by atoms with E-state index in [4.69, 9.17) is 0 Å². The summed E-state index contributed by atoms with van der Waals surface area (Å²) in [5.41, 5.74) is 3.94. The van der Waals surface area contributed by atoms with Gasteiger partial charge in [0.1, 0.15) is 0 Å². The minimum atomic E-state index is 0.0587. The van der Waals surface area contributed by atoms with E-state index < -0.39 is 0 Å². The molecule has 1 aliphatic rings. The highest BCUT2D eigenvalue weighted by Gasteiger charge is 2.24. The van der Waals surface area contributed by atoms with Gasteiger partial charge in [-0.15, -0.1) is 0 Å². The smallest absolute Gasteiger partial charge is 0.194 e. The molecule has 92 valence electrons. The Hall–Kier alpha value is -2.92. The lowest BCUT2D eigenvalue weighted by atomic mass is 9.82. The van der Waals surface area contributed by atoms with Crippen molar-refractivity contribution in [3.05, 3.63) is 71.3 Å². The summed E-state index contributed by atoms with van der Waals surface area (Å²) in [7, 11) is 0. The van der Waals surface area contributed by atoms with Gasteiger partial charge in [0.25, 0.3) is 0 Å². The summed E-state index contributed by atoms with van der Waals surface area (Å²) >= 11 is 0. The molecule has 0 N–H and O–H groups in total. The molecule has 3 aromatic rings. The molecule has 0 aromatic heterocycles. The van der Waals surface area contributed by atoms with Gasteiger partial charge < -0.3 is 0 Å². The van der Waals surface area contributed by atoms with Crippen LogP contribution in [0.5, 0.6) is 0 Å². The topological polar surface area (TPSA) is 40.9 Å². The zero-order valence-electron chi connectivity index (χ0n) is 10.6. The number of hydrogen-bond acceptors (Lipinski definition) is 2. The number of nitriles is 1. The van der Waals surface area contributed by atoms with Gasteiger partial charge in [-0.25, -0.2) is 0 Å². The second-order valence-corrected chi connectivity index (χ2v) is 4.91. The number of rotatable bonds is 0. The summed E-state index contributed by atoms with van der Waals surface area (Å²) in [4.78, 5) is 12.6. The summed E-state index contributed by atoms with van der Waals surface area (Å²) in [6, 6.07) is 19.2. The lowest BCUT2D eigenvalue weighted by Gasteiger charge is -2.19. The highest BCUT2D eigenvalue weighted by Crippen LogP contribution is 2.39. The third kappa shape index (κ3) is 1.29. The second-order valence-electron chi connectivity index (χ2n) is 4.91. The fourth-order valence-corrected chi connectivity index (χ4v) is 2.96. The quantitative estimate of drug-likeness (QED) is 0.477. The summed E-state index contributed by atoms with van der Waals surface area (Å²) < 4.78 is 0. The predicted octanol–water partition coefficient (Wildman–Crippen LogP) is 3.92. The summed E-state index contributed by atoms with van der Waals surface area (Å²) in [5, 5.41) is 11.1. The summed E-state index contributed by atoms with van der Waals surface area (Å²) in [6.07, 6.45) is 0. The number of fused-ring (bicyclic) bond motifs is 2. The van der Waals surface area contributed by atoms with Gasteiger partial charge in [0.05, 0.1) is 11.6 Å². The standard InChI is InChI=1S/C18H9NO/c19-10-11-8-12-4-3-7-15-17(12)16(9-11)13-5-1-2-6-14(13)18(15)20/h1-9H. The van der Waals surface area contributed by atoms with Crippen LogP contribution in [0.1, 0.15) is 21.5 Å². The first-order chi connectivity index (χ1) is 9.79. The molecule has 0 saturated carbocycles. The highest BCUT2D eigenvalue weighted by molar-refractivity contribution is 6.25. The van der Waals surface area contributed by atoms with E-state index in [1.165, 1.54) is 0 Å². The number of carbonyl (C=O) groups excluding carboxylic acids is 1.